The van der Waals surface area contributed by atoms with E-state index in [0.29, 0.717) is 0 Å². The van der Waals surface area contributed by atoms with Gasteiger partial charge in [0, 0.05) is 0 Å². The fraction of sp³-hybridized carbons (Fsp3) is 1.00. The molecule has 2 heteroatoms. The van der Waals surface area contributed by atoms with E-state index in [1.54, 1.807) is 0 Å². The summed E-state index contributed by atoms with van der Waals surface area (Å²) in [5.41, 5.74) is 0. The normalized spacial score (nSPS) is 9.20. The molecular weight excluding hydrogens is 202 g/mol. The zero-order valence-corrected chi connectivity index (χ0v) is 15.8. The molecule has 0 aliphatic heterocycles. The van der Waals surface area contributed by atoms with Crippen LogP contribution in [-0.4, -0.2) is 0 Å². The van der Waals surface area contributed by atoms with E-state index < -0.39 is 0 Å². The third kappa shape index (κ3) is 21.8. The minimum Gasteiger partial charge on any atom is -1.00 e. The Hall–Kier alpha value is 2.00. The fourth-order valence-corrected chi connectivity index (χ4v) is 1.74. The summed E-state index contributed by atoms with van der Waals surface area (Å²) in [5, 5.41) is 0. The molecule has 0 aliphatic carbocycles. The standard InChI is InChI=1S/C13H28.2Na.2H/c1-3-5-7-9-11-13-12-10-8-6-4-2;;;;/h3-13H2,1-2H3;;;;/q;2*+1;2*-1. The Balaban J connectivity index is -0.000000120. The molecule has 0 atom stereocenters. The number of hydrogen-bond donors (Lipinski definition) is 0. The number of hydrogen-bond acceptors (Lipinski definition) is 0. The quantitative estimate of drug-likeness (QED) is 0.353. The first-order valence-electron chi connectivity index (χ1n) is 6.41. The first-order valence-corrected chi connectivity index (χ1v) is 6.41. The molecule has 0 aromatic rings. The molecule has 0 nitrogen and oxygen atoms in total. The Labute approximate surface area is 145 Å². The molecule has 0 fully saturated rings. The molecule has 84 valence electrons. The van der Waals surface area contributed by atoms with Gasteiger partial charge in [0.1, 0.15) is 0 Å². The van der Waals surface area contributed by atoms with Crippen LogP contribution >= 0.6 is 0 Å². The van der Waals surface area contributed by atoms with E-state index >= 15 is 0 Å². The molecule has 0 rings (SSSR count). The molecule has 0 bridgehead atoms. The smallest absolute Gasteiger partial charge is 1.00 e. The molecule has 0 aromatic carbocycles. The van der Waals surface area contributed by atoms with Crippen LogP contribution in [0.1, 0.15) is 87.3 Å². The molecule has 0 N–H and O–H groups in total. The van der Waals surface area contributed by atoms with Gasteiger partial charge in [-0.15, -0.1) is 0 Å². The molecule has 0 amide bonds. The molecule has 0 unspecified atom stereocenters. The van der Waals surface area contributed by atoms with E-state index in [1.165, 1.54) is 70.6 Å². The molecule has 0 saturated heterocycles. The van der Waals surface area contributed by atoms with Crippen molar-refractivity contribution in [2.45, 2.75) is 84.5 Å². The van der Waals surface area contributed by atoms with Gasteiger partial charge in [-0.25, -0.2) is 0 Å². The van der Waals surface area contributed by atoms with Gasteiger partial charge in [-0.3, -0.25) is 0 Å². The maximum absolute atomic E-state index is 2.28. The minimum atomic E-state index is 0. The summed E-state index contributed by atoms with van der Waals surface area (Å²) in [6.07, 6.45) is 15.9. The Morgan fingerprint density at radius 1 is 0.467 bits per heavy atom. The van der Waals surface area contributed by atoms with E-state index in [0.717, 1.165) is 0 Å². The van der Waals surface area contributed by atoms with Crippen molar-refractivity contribution in [1.82, 2.24) is 0 Å². The Morgan fingerprint density at radius 3 is 0.867 bits per heavy atom. The second kappa shape index (κ2) is 21.3. The first-order chi connectivity index (χ1) is 6.41. The van der Waals surface area contributed by atoms with Gasteiger partial charge < -0.3 is 2.85 Å². The van der Waals surface area contributed by atoms with Crippen molar-refractivity contribution in [3.8, 4) is 0 Å². The second-order valence-corrected chi connectivity index (χ2v) is 4.18. The maximum Gasteiger partial charge on any atom is 1.00 e. The van der Waals surface area contributed by atoms with Crippen molar-refractivity contribution in [2.24, 2.45) is 0 Å². The Kier molecular flexibility index (Phi) is 31.5. The number of rotatable bonds is 10. The molecule has 15 heavy (non-hydrogen) atoms. The maximum atomic E-state index is 2.28. The van der Waals surface area contributed by atoms with Crippen LogP contribution in [0.5, 0.6) is 0 Å². The van der Waals surface area contributed by atoms with Crippen LogP contribution in [-0.2, 0) is 0 Å². The largest absolute Gasteiger partial charge is 1.00 e. The topological polar surface area (TPSA) is 0 Å². The van der Waals surface area contributed by atoms with Crippen LogP contribution in [0.4, 0.5) is 0 Å². The van der Waals surface area contributed by atoms with Gasteiger partial charge in [-0.2, -0.15) is 0 Å². The molecule has 0 aromatic heterocycles. The fourth-order valence-electron chi connectivity index (χ4n) is 1.74. The van der Waals surface area contributed by atoms with Crippen molar-refractivity contribution >= 4 is 0 Å². The zero-order valence-electron chi connectivity index (χ0n) is 13.8. The van der Waals surface area contributed by atoms with Crippen LogP contribution in [0.15, 0.2) is 0 Å². The van der Waals surface area contributed by atoms with Gasteiger partial charge in [-0.05, 0) is 0 Å². The Morgan fingerprint density at radius 2 is 0.667 bits per heavy atom. The summed E-state index contributed by atoms with van der Waals surface area (Å²) < 4.78 is 0. The van der Waals surface area contributed by atoms with E-state index in [9.17, 15) is 0 Å². The van der Waals surface area contributed by atoms with Gasteiger partial charge in [0.25, 0.3) is 0 Å². The van der Waals surface area contributed by atoms with Crippen LogP contribution in [0.2, 0.25) is 0 Å². The summed E-state index contributed by atoms with van der Waals surface area (Å²) in [6.45, 7) is 4.56. The molecular formula is C13H30Na2. The van der Waals surface area contributed by atoms with E-state index in [2.05, 4.69) is 13.8 Å². The van der Waals surface area contributed by atoms with Crippen molar-refractivity contribution in [1.29, 1.82) is 0 Å². The van der Waals surface area contributed by atoms with Crippen molar-refractivity contribution < 1.29 is 62.0 Å². The number of unbranched alkanes of at least 4 members (excludes halogenated alkanes) is 10. The van der Waals surface area contributed by atoms with E-state index in [-0.39, 0.29) is 62.0 Å². The summed E-state index contributed by atoms with van der Waals surface area (Å²) in [7, 11) is 0. The van der Waals surface area contributed by atoms with Gasteiger partial charge >= 0.3 is 59.1 Å². The first kappa shape index (κ1) is 22.2. The third-order valence-corrected chi connectivity index (χ3v) is 2.71. The molecule has 0 spiro atoms. The van der Waals surface area contributed by atoms with Crippen LogP contribution in [0.25, 0.3) is 0 Å². The van der Waals surface area contributed by atoms with Crippen LogP contribution in [0.3, 0.4) is 0 Å². The summed E-state index contributed by atoms with van der Waals surface area (Å²) in [4.78, 5) is 0. The monoisotopic (exact) mass is 232 g/mol. The SMILES string of the molecule is CCCCCCCCCCCCC.[H-].[H-].[Na+].[Na+]. The zero-order chi connectivity index (χ0) is 9.78. The molecule has 0 saturated carbocycles. The molecule has 0 aliphatic rings. The van der Waals surface area contributed by atoms with E-state index in [1.807, 2.05) is 0 Å². The van der Waals surface area contributed by atoms with Crippen LogP contribution < -0.4 is 59.1 Å². The minimum absolute atomic E-state index is 0. The van der Waals surface area contributed by atoms with Gasteiger partial charge in [0.2, 0.25) is 0 Å². The second-order valence-electron chi connectivity index (χ2n) is 4.18. The summed E-state index contributed by atoms with van der Waals surface area (Å²) in [6, 6.07) is 0. The Bertz CT molecular complexity index is 83.5. The van der Waals surface area contributed by atoms with Crippen molar-refractivity contribution in [3.63, 3.8) is 0 Å². The third-order valence-electron chi connectivity index (χ3n) is 2.71. The predicted molar refractivity (Wildman–Crippen MR) is 64.4 cm³/mol. The summed E-state index contributed by atoms with van der Waals surface area (Å²) in [5.74, 6) is 0. The van der Waals surface area contributed by atoms with E-state index in [4.69, 9.17) is 0 Å². The van der Waals surface area contributed by atoms with Crippen molar-refractivity contribution in [2.75, 3.05) is 0 Å². The average molecular weight is 232 g/mol. The average Bonchev–Trinajstić information content (AvgIpc) is 2.16. The summed E-state index contributed by atoms with van der Waals surface area (Å²) >= 11 is 0. The van der Waals surface area contributed by atoms with Crippen LogP contribution in [0, 0.1) is 0 Å². The predicted octanol–water partition coefficient (Wildman–Crippen LogP) is -0.450. The van der Waals surface area contributed by atoms with Gasteiger partial charge in [0.05, 0.1) is 0 Å². The molecule has 0 radical (unpaired) electrons. The van der Waals surface area contributed by atoms with Gasteiger partial charge in [0.15, 0.2) is 0 Å². The van der Waals surface area contributed by atoms with Crippen molar-refractivity contribution in [3.05, 3.63) is 0 Å². The van der Waals surface area contributed by atoms with Gasteiger partial charge in [-0.1, -0.05) is 84.5 Å². The molecule has 0 heterocycles.